The number of nitrogens with one attached hydrogen (secondary N) is 3. The molecule has 0 spiro atoms. The predicted molar refractivity (Wildman–Crippen MR) is 109 cm³/mol. The summed E-state index contributed by atoms with van der Waals surface area (Å²) < 4.78 is 15.5. The molecule has 0 aliphatic carbocycles. The number of hydrogen-bond acceptors (Lipinski definition) is 3. The predicted octanol–water partition coefficient (Wildman–Crippen LogP) is 2.14. The third-order valence-corrected chi connectivity index (χ3v) is 5.04. The molecule has 8 heteroatoms. The second-order valence-electron chi connectivity index (χ2n) is 6.97. The molecule has 0 saturated heterocycles. The molecule has 3 amide bonds. The Hall–Kier alpha value is -3.42. The second kappa shape index (κ2) is 7.90. The van der Waals surface area contributed by atoms with Crippen LogP contribution in [0.5, 0.6) is 0 Å². The van der Waals surface area contributed by atoms with Crippen LogP contribution in [0.1, 0.15) is 39.8 Å². The molecule has 29 heavy (non-hydrogen) atoms. The van der Waals surface area contributed by atoms with Crippen molar-refractivity contribution in [3.05, 3.63) is 52.1 Å². The summed E-state index contributed by atoms with van der Waals surface area (Å²) in [6, 6.07) is 4.14. The molecule has 0 unspecified atom stereocenters. The van der Waals surface area contributed by atoms with Crippen LogP contribution in [0.15, 0.2) is 18.2 Å². The van der Waals surface area contributed by atoms with Crippen molar-refractivity contribution in [1.29, 1.82) is 0 Å². The Morgan fingerprint density at radius 2 is 1.90 bits per heavy atom. The van der Waals surface area contributed by atoms with Crippen LogP contribution in [0.4, 0.5) is 10.1 Å². The zero-order valence-electron chi connectivity index (χ0n) is 16.8. The van der Waals surface area contributed by atoms with E-state index in [1.54, 1.807) is 6.08 Å². The maximum Gasteiger partial charge on any atom is 0.256 e. The fraction of sp³-hybridized carbons (Fsp3) is 0.286. The van der Waals surface area contributed by atoms with Crippen LogP contribution >= 0.6 is 0 Å². The summed E-state index contributed by atoms with van der Waals surface area (Å²) >= 11 is 0. The van der Waals surface area contributed by atoms with Crippen LogP contribution in [0.3, 0.4) is 0 Å². The van der Waals surface area contributed by atoms with E-state index >= 15 is 0 Å². The molecule has 1 aromatic carbocycles. The van der Waals surface area contributed by atoms with Gasteiger partial charge in [-0.3, -0.25) is 14.4 Å². The lowest BCUT2D eigenvalue weighted by Gasteiger charge is -2.06. The van der Waals surface area contributed by atoms with Crippen molar-refractivity contribution in [3.63, 3.8) is 0 Å². The molecule has 0 radical (unpaired) electrons. The summed E-state index contributed by atoms with van der Waals surface area (Å²) in [5.74, 6) is -1.16. The highest BCUT2D eigenvalue weighted by atomic mass is 19.1. The first-order valence-electron chi connectivity index (χ1n) is 9.22. The highest BCUT2D eigenvalue weighted by molar-refractivity contribution is 6.35. The minimum Gasteiger partial charge on any atom is -0.355 e. The van der Waals surface area contributed by atoms with Crippen molar-refractivity contribution in [2.45, 2.75) is 20.8 Å². The van der Waals surface area contributed by atoms with E-state index in [2.05, 4.69) is 16.0 Å². The normalized spacial score (nSPS) is 14.0. The number of carbonyl (C=O) groups is 3. The molecule has 2 heterocycles. The average molecular weight is 398 g/mol. The molecular weight excluding hydrogens is 375 g/mol. The fourth-order valence-electron chi connectivity index (χ4n) is 3.48. The number of benzene rings is 1. The van der Waals surface area contributed by atoms with Crippen molar-refractivity contribution in [2.24, 2.45) is 7.05 Å². The molecule has 0 saturated carbocycles. The average Bonchev–Trinajstić information content (AvgIpc) is 3.07. The highest BCUT2D eigenvalue weighted by Crippen LogP contribution is 2.35. The maximum absolute atomic E-state index is 13.7. The van der Waals surface area contributed by atoms with Gasteiger partial charge in [0.15, 0.2) is 0 Å². The summed E-state index contributed by atoms with van der Waals surface area (Å²) in [6.45, 7) is 5.68. The van der Waals surface area contributed by atoms with E-state index in [9.17, 15) is 18.8 Å². The summed E-state index contributed by atoms with van der Waals surface area (Å²) in [5.41, 5.74) is 4.06. The van der Waals surface area contributed by atoms with Gasteiger partial charge in [0.2, 0.25) is 5.91 Å². The lowest BCUT2D eigenvalue weighted by atomic mass is 10.0. The van der Waals surface area contributed by atoms with Crippen molar-refractivity contribution in [3.8, 4) is 0 Å². The van der Waals surface area contributed by atoms with Gasteiger partial charge in [0.05, 0.1) is 11.1 Å². The van der Waals surface area contributed by atoms with Gasteiger partial charge in [-0.05, 0) is 43.7 Å². The van der Waals surface area contributed by atoms with Gasteiger partial charge < -0.3 is 20.5 Å². The topological polar surface area (TPSA) is 92.2 Å². The lowest BCUT2D eigenvalue weighted by molar-refractivity contribution is -0.119. The fourth-order valence-corrected chi connectivity index (χ4v) is 3.48. The van der Waals surface area contributed by atoms with Gasteiger partial charge in [-0.15, -0.1) is 0 Å². The molecule has 0 fully saturated rings. The van der Waals surface area contributed by atoms with E-state index in [0.717, 1.165) is 5.69 Å². The number of halogens is 1. The van der Waals surface area contributed by atoms with Gasteiger partial charge in [0, 0.05) is 49.7 Å². The van der Waals surface area contributed by atoms with Gasteiger partial charge in [0.1, 0.15) is 5.82 Å². The first kappa shape index (κ1) is 20.3. The molecular formula is C21H23FN4O3. The number of amides is 3. The molecule has 1 aliphatic heterocycles. The Morgan fingerprint density at radius 1 is 1.21 bits per heavy atom. The number of fused-ring (bicyclic) bond motifs is 1. The van der Waals surface area contributed by atoms with E-state index in [0.29, 0.717) is 46.7 Å². The number of rotatable bonds is 5. The molecule has 1 aliphatic rings. The van der Waals surface area contributed by atoms with Crippen LogP contribution in [0.2, 0.25) is 0 Å². The van der Waals surface area contributed by atoms with E-state index in [1.807, 2.05) is 25.5 Å². The highest BCUT2D eigenvalue weighted by Gasteiger charge is 2.27. The van der Waals surface area contributed by atoms with Crippen LogP contribution in [0, 0.1) is 19.7 Å². The Balaban J connectivity index is 1.93. The number of nitrogens with zero attached hydrogens (tertiary/aromatic N) is 1. The third kappa shape index (κ3) is 3.91. The summed E-state index contributed by atoms with van der Waals surface area (Å²) in [5, 5.41) is 8.13. The quantitative estimate of drug-likeness (QED) is 0.532. The van der Waals surface area contributed by atoms with Gasteiger partial charge in [-0.2, -0.15) is 0 Å². The molecule has 1 aromatic heterocycles. The lowest BCUT2D eigenvalue weighted by Crippen LogP contribution is -2.34. The Morgan fingerprint density at radius 3 is 2.59 bits per heavy atom. The summed E-state index contributed by atoms with van der Waals surface area (Å²) in [7, 11) is 1.81. The Kier molecular flexibility index (Phi) is 5.54. The van der Waals surface area contributed by atoms with Crippen molar-refractivity contribution in [2.75, 3.05) is 18.4 Å². The minimum atomic E-state index is -0.426. The van der Waals surface area contributed by atoms with Gasteiger partial charge >= 0.3 is 0 Å². The van der Waals surface area contributed by atoms with E-state index in [1.165, 1.54) is 25.1 Å². The SMILES string of the molecule is CC(=O)NCCNC(=O)c1c(C)c(/C=C2\C(=O)Nc3ccc(F)cc32)n(C)c1C. The molecule has 152 valence electrons. The van der Waals surface area contributed by atoms with E-state index in [-0.39, 0.29) is 17.7 Å². The first-order chi connectivity index (χ1) is 13.7. The largest absolute Gasteiger partial charge is 0.355 e. The maximum atomic E-state index is 13.7. The number of aromatic nitrogens is 1. The zero-order chi connectivity index (χ0) is 21.3. The molecule has 0 atom stereocenters. The van der Waals surface area contributed by atoms with Crippen LogP contribution < -0.4 is 16.0 Å². The smallest absolute Gasteiger partial charge is 0.256 e. The standard InChI is InChI=1S/C21H23FN4O3/c1-11-18(10-16-15-9-14(22)5-6-17(15)25-20(16)28)26(4)12(2)19(11)21(29)24-8-7-23-13(3)27/h5-6,9-10H,7-8H2,1-4H3,(H,23,27)(H,24,29)(H,25,28)/b16-10-. The van der Waals surface area contributed by atoms with Crippen LogP contribution in [-0.4, -0.2) is 35.4 Å². The first-order valence-corrected chi connectivity index (χ1v) is 9.22. The molecule has 2 aromatic rings. The molecule has 3 rings (SSSR count). The van der Waals surface area contributed by atoms with Crippen molar-refractivity contribution in [1.82, 2.24) is 15.2 Å². The number of carbonyl (C=O) groups excluding carboxylic acids is 3. The van der Waals surface area contributed by atoms with Crippen LogP contribution in [-0.2, 0) is 16.6 Å². The molecule has 7 nitrogen and oxygen atoms in total. The van der Waals surface area contributed by atoms with Gasteiger partial charge in [-0.1, -0.05) is 0 Å². The Bertz CT molecular complexity index is 1050. The monoisotopic (exact) mass is 398 g/mol. The molecule has 3 N–H and O–H groups in total. The number of hydrogen-bond donors (Lipinski definition) is 3. The van der Waals surface area contributed by atoms with E-state index in [4.69, 9.17) is 0 Å². The zero-order valence-corrected chi connectivity index (χ0v) is 16.8. The van der Waals surface area contributed by atoms with Crippen molar-refractivity contribution >= 4 is 35.1 Å². The third-order valence-electron chi connectivity index (χ3n) is 5.04. The Labute approximate surface area is 168 Å². The number of anilines is 1. The molecule has 0 bridgehead atoms. The van der Waals surface area contributed by atoms with Gasteiger partial charge in [0.25, 0.3) is 11.8 Å². The minimum absolute atomic E-state index is 0.160. The van der Waals surface area contributed by atoms with Crippen LogP contribution in [0.25, 0.3) is 11.6 Å². The second-order valence-corrected chi connectivity index (χ2v) is 6.97. The summed E-state index contributed by atoms with van der Waals surface area (Å²) in [4.78, 5) is 36.0. The van der Waals surface area contributed by atoms with E-state index < -0.39 is 5.82 Å². The summed E-state index contributed by atoms with van der Waals surface area (Å²) in [6.07, 6.45) is 1.68. The van der Waals surface area contributed by atoms with Gasteiger partial charge in [-0.25, -0.2) is 4.39 Å². The van der Waals surface area contributed by atoms with Crippen molar-refractivity contribution < 1.29 is 18.8 Å².